The van der Waals surface area contributed by atoms with Crippen LogP contribution in [0, 0.1) is 11.3 Å². The summed E-state index contributed by atoms with van der Waals surface area (Å²) in [6, 6.07) is -0.976. The monoisotopic (exact) mass is 472 g/mol. The Bertz CT molecular complexity index is 670. The summed E-state index contributed by atoms with van der Waals surface area (Å²) < 4.78 is 10.2. The van der Waals surface area contributed by atoms with Gasteiger partial charge in [-0.15, -0.1) is 0 Å². The standard InChI is InChI=1S/C23H40N2O8/c1-14(20(29)24-12-13-33-22(31)15-8-6-7-9-15)25-21(30)19(32-5)18(28)17(27)16(26)10-11-23(2,3)4/h10-11,14-19,26-28H,6-9,12-13H2,1-5H3,(H,24,29)(H,25,30)/b11-10+/t14-,16+,17-,18+,19+/m0/s1. The Morgan fingerprint density at radius 2 is 1.67 bits per heavy atom. The van der Waals surface area contributed by atoms with Gasteiger partial charge in [0.15, 0.2) is 6.10 Å². The van der Waals surface area contributed by atoms with E-state index in [0.717, 1.165) is 25.7 Å². The highest BCUT2D eigenvalue weighted by Gasteiger charge is 2.36. The number of aliphatic hydroxyl groups excluding tert-OH is 3. The molecule has 2 amide bonds. The van der Waals surface area contributed by atoms with Gasteiger partial charge in [-0.1, -0.05) is 45.8 Å². The summed E-state index contributed by atoms with van der Waals surface area (Å²) in [6.45, 7) is 7.27. The first-order valence-corrected chi connectivity index (χ1v) is 11.4. The van der Waals surface area contributed by atoms with Gasteiger partial charge in [0.05, 0.1) is 12.5 Å². The first kappa shape index (κ1) is 29.0. The minimum absolute atomic E-state index is 0.0350. The first-order chi connectivity index (χ1) is 15.4. The molecule has 33 heavy (non-hydrogen) atoms. The molecule has 1 aliphatic rings. The predicted molar refractivity (Wildman–Crippen MR) is 121 cm³/mol. The summed E-state index contributed by atoms with van der Waals surface area (Å²) in [6.07, 6.45) is 0.374. The zero-order valence-corrected chi connectivity index (χ0v) is 20.2. The lowest BCUT2D eigenvalue weighted by atomic mass is 9.94. The van der Waals surface area contributed by atoms with E-state index in [2.05, 4.69) is 10.6 Å². The Balaban J connectivity index is 2.48. The smallest absolute Gasteiger partial charge is 0.308 e. The zero-order chi connectivity index (χ0) is 25.2. The first-order valence-electron chi connectivity index (χ1n) is 11.4. The van der Waals surface area contributed by atoms with Crippen LogP contribution >= 0.6 is 0 Å². The Morgan fingerprint density at radius 1 is 1.06 bits per heavy atom. The molecule has 0 radical (unpaired) electrons. The van der Waals surface area contributed by atoms with E-state index in [9.17, 15) is 29.7 Å². The predicted octanol–water partition coefficient (Wildman–Crippen LogP) is 0.0407. The van der Waals surface area contributed by atoms with Gasteiger partial charge in [-0.2, -0.15) is 0 Å². The molecule has 0 aromatic heterocycles. The number of amides is 2. The van der Waals surface area contributed by atoms with Crippen LogP contribution in [0.3, 0.4) is 0 Å². The molecule has 190 valence electrons. The van der Waals surface area contributed by atoms with Gasteiger partial charge in [-0.3, -0.25) is 14.4 Å². The normalized spacial score (nSPS) is 19.5. The maximum absolute atomic E-state index is 12.5. The second-order valence-electron chi connectivity index (χ2n) is 9.52. The average molecular weight is 473 g/mol. The van der Waals surface area contributed by atoms with Crippen molar-refractivity contribution < 1.29 is 39.2 Å². The fourth-order valence-corrected chi connectivity index (χ4v) is 3.40. The molecule has 0 aromatic rings. The van der Waals surface area contributed by atoms with Gasteiger partial charge < -0.3 is 35.4 Å². The summed E-state index contributed by atoms with van der Waals surface area (Å²) >= 11 is 0. The second kappa shape index (κ2) is 13.6. The summed E-state index contributed by atoms with van der Waals surface area (Å²) in [7, 11) is 1.17. The van der Waals surface area contributed by atoms with Crippen molar-refractivity contribution in [2.75, 3.05) is 20.3 Å². The van der Waals surface area contributed by atoms with E-state index >= 15 is 0 Å². The number of ether oxygens (including phenoxy) is 2. The molecule has 0 heterocycles. The molecule has 0 saturated heterocycles. The number of esters is 1. The number of nitrogens with one attached hydrogen (secondary N) is 2. The van der Waals surface area contributed by atoms with E-state index in [-0.39, 0.29) is 30.5 Å². The van der Waals surface area contributed by atoms with Crippen LogP contribution in [-0.2, 0) is 23.9 Å². The van der Waals surface area contributed by atoms with Gasteiger partial charge in [0.25, 0.3) is 5.91 Å². The van der Waals surface area contributed by atoms with Crippen molar-refractivity contribution in [2.24, 2.45) is 11.3 Å². The molecule has 0 spiro atoms. The highest BCUT2D eigenvalue weighted by molar-refractivity contribution is 5.89. The van der Waals surface area contributed by atoms with Gasteiger partial charge in [0, 0.05) is 7.11 Å². The van der Waals surface area contributed by atoms with Crippen LogP contribution in [0.15, 0.2) is 12.2 Å². The maximum atomic E-state index is 12.5. The number of methoxy groups -OCH3 is 1. The SMILES string of the molecule is CO[C@@H](C(=O)N[C@@H](C)C(=O)NCCOC(=O)C1CCCC1)[C@H](O)[C@@H](O)[C@H](O)/C=C/C(C)(C)C. The van der Waals surface area contributed by atoms with Crippen LogP contribution in [0.25, 0.3) is 0 Å². The molecule has 10 nitrogen and oxygen atoms in total. The quantitative estimate of drug-likeness (QED) is 0.152. The Labute approximate surface area is 195 Å². The number of allylic oxidation sites excluding steroid dienone is 1. The highest BCUT2D eigenvalue weighted by Crippen LogP contribution is 2.25. The minimum Gasteiger partial charge on any atom is -0.464 e. The molecule has 5 N–H and O–H groups in total. The minimum atomic E-state index is -1.74. The third kappa shape index (κ3) is 10.2. The van der Waals surface area contributed by atoms with Crippen molar-refractivity contribution in [3.8, 4) is 0 Å². The van der Waals surface area contributed by atoms with Crippen molar-refractivity contribution in [3.05, 3.63) is 12.2 Å². The molecule has 10 heteroatoms. The highest BCUT2D eigenvalue weighted by atomic mass is 16.5. The Hall–Kier alpha value is -2.01. The van der Waals surface area contributed by atoms with E-state index in [4.69, 9.17) is 9.47 Å². The Kier molecular flexibility index (Phi) is 12.0. The van der Waals surface area contributed by atoms with Crippen LogP contribution in [0.1, 0.15) is 53.4 Å². The number of hydrogen-bond donors (Lipinski definition) is 5. The average Bonchev–Trinajstić information content (AvgIpc) is 3.29. The number of hydrogen-bond acceptors (Lipinski definition) is 8. The van der Waals surface area contributed by atoms with E-state index < -0.39 is 42.3 Å². The van der Waals surface area contributed by atoms with E-state index in [1.54, 1.807) is 6.08 Å². The number of aliphatic hydroxyl groups is 3. The largest absolute Gasteiger partial charge is 0.464 e. The van der Waals surface area contributed by atoms with Crippen molar-refractivity contribution in [3.63, 3.8) is 0 Å². The molecular formula is C23H40N2O8. The van der Waals surface area contributed by atoms with Gasteiger partial charge in [0.1, 0.15) is 31.0 Å². The van der Waals surface area contributed by atoms with Gasteiger partial charge in [-0.25, -0.2) is 0 Å². The van der Waals surface area contributed by atoms with Gasteiger partial charge in [-0.05, 0) is 25.2 Å². The third-order valence-corrected chi connectivity index (χ3v) is 5.40. The van der Waals surface area contributed by atoms with E-state index in [1.807, 2.05) is 20.8 Å². The Morgan fingerprint density at radius 3 is 2.21 bits per heavy atom. The van der Waals surface area contributed by atoms with Crippen LogP contribution in [0.5, 0.6) is 0 Å². The van der Waals surface area contributed by atoms with Crippen molar-refractivity contribution in [1.82, 2.24) is 10.6 Å². The van der Waals surface area contributed by atoms with Crippen molar-refractivity contribution in [1.29, 1.82) is 0 Å². The summed E-state index contributed by atoms with van der Waals surface area (Å²) in [5.41, 5.74) is -0.249. The molecule has 1 fully saturated rings. The molecule has 0 bridgehead atoms. The van der Waals surface area contributed by atoms with Crippen LogP contribution < -0.4 is 10.6 Å². The molecule has 5 atom stereocenters. The molecule has 0 aromatic carbocycles. The second-order valence-corrected chi connectivity index (χ2v) is 9.52. The number of rotatable bonds is 12. The topological polar surface area (TPSA) is 154 Å². The summed E-state index contributed by atoms with van der Waals surface area (Å²) in [5, 5.41) is 35.6. The molecule has 1 aliphatic carbocycles. The van der Waals surface area contributed by atoms with E-state index in [0.29, 0.717) is 0 Å². The van der Waals surface area contributed by atoms with E-state index in [1.165, 1.54) is 20.1 Å². The number of carbonyl (C=O) groups excluding carboxylic acids is 3. The van der Waals surface area contributed by atoms with Gasteiger partial charge in [0.2, 0.25) is 5.91 Å². The summed E-state index contributed by atoms with van der Waals surface area (Å²) in [5.74, 6) is -1.66. The molecule has 0 aliphatic heterocycles. The van der Waals surface area contributed by atoms with Crippen LogP contribution in [0.4, 0.5) is 0 Å². The molecule has 0 unspecified atom stereocenters. The van der Waals surface area contributed by atoms with Gasteiger partial charge >= 0.3 is 5.97 Å². The maximum Gasteiger partial charge on any atom is 0.308 e. The fourth-order valence-electron chi connectivity index (χ4n) is 3.40. The lowest BCUT2D eigenvalue weighted by Gasteiger charge is -2.28. The number of carbonyl (C=O) groups is 3. The molecule has 1 rings (SSSR count). The zero-order valence-electron chi connectivity index (χ0n) is 20.2. The fraction of sp³-hybridized carbons (Fsp3) is 0.783. The molecule has 1 saturated carbocycles. The van der Waals surface area contributed by atoms with Crippen molar-refractivity contribution in [2.45, 2.75) is 83.8 Å². The summed E-state index contributed by atoms with van der Waals surface area (Å²) in [4.78, 5) is 36.6. The van der Waals surface area contributed by atoms with Crippen LogP contribution in [0.2, 0.25) is 0 Å². The third-order valence-electron chi connectivity index (χ3n) is 5.40. The van der Waals surface area contributed by atoms with Crippen LogP contribution in [-0.4, -0.2) is 83.8 Å². The lowest BCUT2D eigenvalue weighted by molar-refractivity contribution is -0.150. The molecular weight excluding hydrogens is 432 g/mol. The lowest BCUT2D eigenvalue weighted by Crippen LogP contribution is -2.55. The van der Waals surface area contributed by atoms with Crippen molar-refractivity contribution >= 4 is 17.8 Å².